The topological polar surface area (TPSA) is 22.8 Å². The second-order valence-electron chi connectivity index (χ2n) is 9.38. The van der Waals surface area contributed by atoms with Crippen molar-refractivity contribution in [3.63, 3.8) is 0 Å². The fourth-order valence-electron chi connectivity index (χ4n) is 5.70. The standard InChI is InChI=1S/C33H21N3/c1-2-9-26(10-3-1)35-15-14-22-16-24-19-32-29(17-25(24)18-31(22)35)28-12-6-7-13-30(28)36(32)33-21-34-20-23-8-4-5-11-27(23)33/h1-21H. The Morgan fingerprint density at radius 3 is 2.14 bits per heavy atom. The first-order valence-corrected chi connectivity index (χ1v) is 12.2. The van der Waals surface area contributed by atoms with Crippen molar-refractivity contribution in [2.24, 2.45) is 0 Å². The molecular formula is C33H21N3. The Bertz CT molecular complexity index is 2090. The summed E-state index contributed by atoms with van der Waals surface area (Å²) in [5, 5.41) is 8.56. The molecule has 8 aromatic rings. The van der Waals surface area contributed by atoms with Crippen LogP contribution in [-0.4, -0.2) is 14.1 Å². The van der Waals surface area contributed by atoms with E-state index in [1.807, 2.05) is 12.4 Å². The monoisotopic (exact) mass is 459 g/mol. The molecule has 36 heavy (non-hydrogen) atoms. The molecule has 0 radical (unpaired) electrons. The highest BCUT2D eigenvalue weighted by Crippen LogP contribution is 2.37. The van der Waals surface area contributed by atoms with Gasteiger partial charge in [0.05, 0.1) is 28.4 Å². The average Bonchev–Trinajstić information content (AvgIpc) is 3.49. The second-order valence-corrected chi connectivity index (χ2v) is 9.38. The van der Waals surface area contributed by atoms with Gasteiger partial charge in [0.1, 0.15) is 0 Å². The maximum atomic E-state index is 4.59. The number of aromatic nitrogens is 3. The van der Waals surface area contributed by atoms with Gasteiger partial charge in [0.2, 0.25) is 0 Å². The van der Waals surface area contributed by atoms with E-state index in [-0.39, 0.29) is 0 Å². The lowest BCUT2D eigenvalue weighted by atomic mass is 10.0. The van der Waals surface area contributed by atoms with Gasteiger partial charge in [0.15, 0.2) is 0 Å². The molecule has 0 N–H and O–H groups in total. The summed E-state index contributed by atoms with van der Waals surface area (Å²) in [6.07, 6.45) is 6.09. The van der Waals surface area contributed by atoms with Crippen LogP contribution in [0.4, 0.5) is 0 Å². The zero-order valence-corrected chi connectivity index (χ0v) is 19.5. The van der Waals surface area contributed by atoms with Gasteiger partial charge >= 0.3 is 0 Å². The van der Waals surface area contributed by atoms with E-state index in [2.05, 4.69) is 130 Å². The van der Waals surface area contributed by atoms with Gasteiger partial charge in [-0.1, -0.05) is 60.7 Å². The summed E-state index contributed by atoms with van der Waals surface area (Å²) in [6.45, 7) is 0. The lowest BCUT2D eigenvalue weighted by Crippen LogP contribution is -1.96. The maximum absolute atomic E-state index is 4.59. The molecule has 8 rings (SSSR count). The van der Waals surface area contributed by atoms with Crippen molar-refractivity contribution in [3.8, 4) is 11.4 Å². The van der Waals surface area contributed by atoms with E-state index in [4.69, 9.17) is 0 Å². The molecule has 0 atom stereocenters. The Morgan fingerprint density at radius 1 is 0.472 bits per heavy atom. The van der Waals surface area contributed by atoms with Gasteiger partial charge in [-0.3, -0.25) is 4.98 Å². The van der Waals surface area contributed by atoms with Gasteiger partial charge < -0.3 is 9.13 Å². The smallest absolute Gasteiger partial charge is 0.0723 e. The third-order valence-electron chi connectivity index (χ3n) is 7.36. The van der Waals surface area contributed by atoms with Crippen LogP contribution in [0.15, 0.2) is 128 Å². The normalized spacial score (nSPS) is 11.9. The number of hydrogen-bond acceptors (Lipinski definition) is 1. The summed E-state index contributed by atoms with van der Waals surface area (Å²) in [5.41, 5.74) is 5.89. The Balaban J connectivity index is 1.47. The minimum absolute atomic E-state index is 1.11. The molecule has 0 saturated heterocycles. The van der Waals surface area contributed by atoms with Crippen molar-refractivity contribution in [1.29, 1.82) is 0 Å². The van der Waals surface area contributed by atoms with Crippen LogP contribution in [0, 0.1) is 0 Å². The van der Waals surface area contributed by atoms with Gasteiger partial charge in [-0.25, -0.2) is 0 Å². The van der Waals surface area contributed by atoms with Crippen molar-refractivity contribution in [2.75, 3.05) is 0 Å². The number of hydrogen-bond donors (Lipinski definition) is 0. The summed E-state index contributed by atoms with van der Waals surface area (Å²) in [4.78, 5) is 4.59. The van der Waals surface area contributed by atoms with E-state index in [9.17, 15) is 0 Å². The van der Waals surface area contributed by atoms with Crippen molar-refractivity contribution in [2.45, 2.75) is 0 Å². The molecule has 3 nitrogen and oxygen atoms in total. The third-order valence-corrected chi connectivity index (χ3v) is 7.36. The SMILES string of the molecule is c1ccc(-n2ccc3cc4cc5c(cc4cc32)c2ccccc2n5-c2cncc3ccccc23)cc1. The first-order valence-electron chi connectivity index (χ1n) is 12.2. The van der Waals surface area contributed by atoms with Gasteiger partial charge in [0, 0.05) is 45.0 Å². The quantitative estimate of drug-likeness (QED) is 0.254. The largest absolute Gasteiger partial charge is 0.317 e. The predicted octanol–water partition coefficient (Wildman–Crippen LogP) is 8.43. The molecule has 0 aliphatic heterocycles. The molecule has 0 unspecified atom stereocenters. The zero-order chi connectivity index (χ0) is 23.6. The Morgan fingerprint density at radius 2 is 1.22 bits per heavy atom. The fourth-order valence-corrected chi connectivity index (χ4v) is 5.70. The van der Waals surface area contributed by atoms with Crippen molar-refractivity contribution < 1.29 is 0 Å². The molecular weight excluding hydrogens is 438 g/mol. The summed E-state index contributed by atoms with van der Waals surface area (Å²) in [6, 6.07) is 39.2. The van der Waals surface area contributed by atoms with Crippen molar-refractivity contribution in [3.05, 3.63) is 128 Å². The summed E-state index contributed by atoms with van der Waals surface area (Å²) < 4.78 is 4.64. The van der Waals surface area contributed by atoms with E-state index in [1.165, 1.54) is 54.6 Å². The Hall–Kier alpha value is -4.89. The van der Waals surface area contributed by atoms with E-state index < -0.39 is 0 Å². The van der Waals surface area contributed by atoms with Gasteiger partial charge in [0.25, 0.3) is 0 Å². The maximum Gasteiger partial charge on any atom is 0.0723 e. The van der Waals surface area contributed by atoms with Crippen LogP contribution in [-0.2, 0) is 0 Å². The number of nitrogens with zero attached hydrogens (tertiary/aromatic N) is 3. The van der Waals surface area contributed by atoms with E-state index >= 15 is 0 Å². The molecule has 168 valence electrons. The van der Waals surface area contributed by atoms with Crippen molar-refractivity contribution in [1.82, 2.24) is 14.1 Å². The van der Waals surface area contributed by atoms with Crippen LogP contribution in [0.25, 0.3) is 65.6 Å². The molecule has 0 aliphatic carbocycles. The molecule has 3 aromatic heterocycles. The molecule has 0 aliphatic rings. The highest BCUT2D eigenvalue weighted by atomic mass is 15.0. The second kappa shape index (κ2) is 7.30. The molecule has 3 heteroatoms. The van der Waals surface area contributed by atoms with Crippen LogP contribution >= 0.6 is 0 Å². The number of rotatable bonds is 2. The molecule has 0 fully saturated rings. The summed E-state index contributed by atoms with van der Waals surface area (Å²) in [5.74, 6) is 0. The molecule has 0 amide bonds. The Labute approximate surface area is 207 Å². The molecule has 3 heterocycles. The first kappa shape index (κ1) is 19.4. The molecule has 0 saturated carbocycles. The van der Waals surface area contributed by atoms with Gasteiger partial charge in [-0.05, 0) is 59.3 Å². The molecule has 0 spiro atoms. The zero-order valence-electron chi connectivity index (χ0n) is 19.5. The van der Waals surface area contributed by atoms with Crippen LogP contribution < -0.4 is 0 Å². The van der Waals surface area contributed by atoms with Crippen molar-refractivity contribution >= 4 is 54.3 Å². The number of pyridine rings is 1. The molecule has 5 aromatic carbocycles. The third kappa shape index (κ3) is 2.71. The van der Waals surface area contributed by atoms with Crippen LogP contribution in [0.3, 0.4) is 0 Å². The number of fused-ring (bicyclic) bond motifs is 6. The summed E-state index contributed by atoms with van der Waals surface area (Å²) in [7, 11) is 0. The number of benzene rings is 5. The highest BCUT2D eigenvalue weighted by molar-refractivity contribution is 6.15. The van der Waals surface area contributed by atoms with Crippen LogP contribution in [0.1, 0.15) is 0 Å². The lowest BCUT2D eigenvalue weighted by molar-refractivity contribution is 1.13. The number of para-hydroxylation sites is 2. The van der Waals surface area contributed by atoms with Crippen LogP contribution in [0.5, 0.6) is 0 Å². The minimum atomic E-state index is 1.11. The Kier molecular flexibility index (Phi) is 3.94. The molecule has 0 bridgehead atoms. The minimum Gasteiger partial charge on any atom is -0.317 e. The fraction of sp³-hybridized carbons (Fsp3) is 0. The average molecular weight is 460 g/mol. The van der Waals surface area contributed by atoms with E-state index in [0.717, 1.165) is 11.1 Å². The lowest BCUT2D eigenvalue weighted by Gasteiger charge is -2.11. The van der Waals surface area contributed by atoms with Crippen LogP contribution in [0.2, 0.25) is 0 Å². The summed E-state index contributed by atoms with van der Waals surface area (Å²) >= 11 is 0. The van der Waals surface area contributed by atoms with E-state index in [0.29, 0.717) is 0 Å². The van der Waals surface area contributed by atoms with Gasteiger partial charge in [-0.15, -0.1) is 0 Å². The first-order chi connectivity index (χ1) is 17.8. The predicted molar refractivity (Wildman–Crippen MR) is 150 cm³/mol. The van der Waals surface area contributed by atoms with E-state index in [1.54, 1.807) is 0 Å². The van der Waals surface area contributed by atoms with Gasteiger partial charge in [-0.2, -0.15) is 0 Å². The highest BCUT2D eigenvalue weighted by Gasteiger charge is 2.16.